The Kier molecular flexibility index (Phi) is 6.15. The van der Waals surface area contributed by atoms with Crippen molar-refractivity contribution >= 4 is 27.5 Å². The van der Waals surface area contributed by atoms with Gasteiger partial charge in [0, 0.05) is 12.5 Å². The maximum absolute atomic E-state index is 6.41. The second-order valence-corrected chi connectivity index (χ2v) is 6.91. The topological polar surface area (TPSA) is 27.1 Å². The Morgan fingerprint density at radius 2 is 2.17 bits per heavy atom. The largest absolute Gasteiger partial charge is 0.383 e. The molecule has 1 atom stereocenters. The van der Waals surface area contributed by atoms with E-state index < -0.39 is 0 Å². The molecule has 0 saturated heterocycles. The van der Waals surface area contributed by atoms with Gasteiger partial charge in [-0.05, 0) is 34.2 Å². The summed E-state index contributed by atoms with van der Waals surface area (Å²) in [5.74, 6) is 0. The highest BCUT2D eigenvalue weighted by atomic mass is 79.9. The third-order valence-electron chi connectivity index (χ3n) is 2.98. The molecular weight excluding hydrogens is 316 g/mol. The van der Waals surface area contributed by atoms with Crippen LogP contribution in [0.2, 0.25) is 0 Å². The lowest BCUT2D eigenvalue weighted by molar-refractivity contribution is 0.182. The van der Waals surface area contributed by atoms with Crippen molar-refractivity contribution in [1.82, 2.24) is 9.78 Å². The SMILES string of the molecule is COCCn1ncc(Br)c1CCC(Cl)C(C)(C)C. The van der Waals surface area contributed by atoms with Gasteiger partial charge in [0.05, 0.1) is 29.5 Å². The number of aromatic nitrogens is 2. The van der Waals surface area contributed by atoms with Gasteiger partial charge in [-0.1, -0.05) is 20.8 Å². The maximum atomic E-state index is 6.41. The lowest BCUT2D eigenvalue weighted by Gasteiger charge is -2.25. The summed E-state index contributed by atoms with van der Waals surface area (Å²) >= 11 is 9.96. The summed E-state index contributed by atoms with van der Waals surface area (Å²) in [6.07, 6.45) is 3.71. The van der Waals surface area contributed by atoms with Crippen molar-refractivity contribution in [2.24, 2.45) is 5.41 Å². The lowest BCUT2D eigenvalue weighted by Crippen LogP contribution is -2.22. The Bertz CT molecular complexity index is 374. The molecule has 5 heteroatoms. The monoisotopic (exact) mass is 336 g/mol. The Balaban J connectivity index is 2.63. The van der Waals surface area contributed by atoms with E-state index in [9.17, 15) is 0 Å². The molecule has 1 rings (SSSR count). The van der Waals surface area contributed by atoms with Crippen LogP contribution in [0.15, 0.2) is 10.7 Å². The van der Waals surface area contributed by atoms with Crippen LogP contribution in [0.1, 0.15) is 32.9 Å². The zero-order valence-corrected chi connectivity index (χ0v) is 13.9. The number of rotatable bonds is 6. The van der Waals surface area contributed by atoms with E-state index in [1.165, 1.54) is 5.69 Å². The first kappa shape index (κ1) is 16.0. The lowest BCUT2D eigenvalue weighted by atomic mass is 9.89. The standard InChI is InChI=1S/C13H22BrClN2O/c1-13(2,3)12(15)6-5-11-10(14)9-16-17(11)7-8-18-4/h9,12H,5-8H2,1-4H3. The first-order valence-electron chi connectivity index (χ1n) is 6.19. The van der Waals surface area contributed by atoms with Crippen LogP contribution in [0, 0.1) is 5.41 Å². The normalized spacial score (nSPS) is 13.9. The minimum absolute atomic E-state index is 0.130. The molecule has 0 aliphatic heterocycles. The third kappa shape index (κ3) is 4.56. The van der Waals surface area contributed by atoms with E-state index in [0.29, 0.717) is 6.61 Å². The number of nitrogens with zero attached hydrogens (tertiary/aromatic N) is 2. The van der Waals surface area contributed by atoms with Gasteiger partial charge < -0.3 is 4.74 Å². The molecule has 0 aromatic carbocycles. The zero-order chi connectivity index (χ0) is 13.8. The fourth-order valence-electron chi connectivity index (χ4n) is 1.70. The Hall–Kier alpha value is -0.0600. The van der Waals surface area contributed by atoms with E-state index in [4.69, 9.17) is 16.3 Å². The number of ether oxygens (including phenoxy) is 1. The molecule has 1 aromatic heterocycles. The molecule has 1 aromatic rings. The van der Waals surface area contributed by atoms with Gasteiger partial charge in [-0.3, -0.25) is 4.68 Å². The number of halogens is 2. The van der Waals surface area contributed by atoms with E-state index in [1.807, 2.05) is 10.9 Å². The van der Waals surface area contributed by atoms with Crippen LogP contribution in [-0.4, -0.2) is 28.9 Å². The van der Waals surface area contributed by atoms with Gasteiger partial charge in [0.2, 0.25) is 0 Å². The van der Waals surface area contributed by atoms with Crippen LogP contribution in [0.4, 0.5) is 0 Å². The van der Waals surface area contributed by atoms with Gasteiger partial charge in [0.25, 0.3) is 0 Å². The summed E-state index contributed by atoms with van der Waals surface area (Å²) < 4.78 is 8.13. The minimum Gasteiger partial charge on any atom is -0.383 e. The quantitative estimate of drug-likeness (QED) is 0.737. The van der Waals surface area contributed by atoms with E-state index in [2.05, 4.69) is 41.8 Å². The van der Waals surface area contributed by atoms with Gasteiger partial charge >= 0.3 is 0 Å². The minimum atomic E-state index is 0.130. The first-order chi connectivity index (χ1) is 8.36. The van der Waals surface area contributed by atoms with Crippen LogP contribution in [0.25, 0.3) is 0 Å². The molecule has 0 bridgehead atoms. The summed E-state index contributed by atoms with van der Waals surface area (Å²) in [6, 6.07) is 0. The van der Waals surface area contributed by atoms with Crippen molar-refractivity contribution in [2.45, 2.75) is 45.5 Å². The summed E-state index contributed by atoms with van der Waals surface area (Å²) in [6.45, 7) is 7.95. The van der Waals surface area contributed by atoms with Crippen LogP contribution >= 0.6 is 27.5 Å². The van der Waals surface area contributed by atoms with Gasteiger partial charge in [0.15, 0.2) is 0 Å². The number of hydrogen-bond acceptors (Lipinski definition) is 2. The summed E-state index contributed by atoms with van der Waals surface area (Å²) in [5, 5.41) is 4.50. The fraction of sp³-hybridized carbons (Fsp3) is 0.769. The van der Waals surface area contributed by atoms with Crippen molar-refractivity contribution < 1.29 is 4.74 Å². The molecule has 0 fully saturated rings. The molecule has 0 amide bonds. The first-order valence-corrected chi connectivity index (χ1v) is 7.42. The summed E-state index contributed by atoms with van der Waals surface area (Å²) in [4.78, 5) is 0. The molecular formula is C13H22BrClN2O. The predicted molar refractivity (Wildman–Crippen MR) is 79.2 cm³/mol. The summed E-state index contributed by atoms with van der Waals surface area (Å²) in [7, 11) is 1.70. The molecule has 1 heterocycles. The second-order valence-electron chi connectivity index (χ2n) is 5.53. The predicted octanol–water partition coefficient (Wildman–Crippen LogP) is 3.88. The van der Waals surface area contributed by atoms with Crippen molar-refractivity contribution in [1.29, 1.82) is 0 Å². The number of hydrogen-bond donors (Lipinski definition) is 0. The smallest absolute Gasteiger partial charge is 0.0658 e. The average Bonchev–Trinajstić information content (AvgIpc) is 2.63. The van der Waals surface area contributed by atoms with Crippen molar-refractivity contribution in [2.75, 3.05) is 13.7 Å². The Labute approximate surface area is 123 Å². The van der Waals surface area contributed by atoms with Gasteiger partial charge in [-0.15, -0.1) is 11.6 Å². The fourth-order valence-corrected chi connectivity index (χ4v) is 2.31. The highest BCUT2D eigenvalue weighted by Gasteiger charge is 2.22. The van der Waals surface area contributed by atoms with Crippen molar-refractivity contribution in [3.8, 4) is 0 Å². The number of methoxy groups -OCH3 is 1. The molecule has 0 radical (unpaired) electrons. The molecule has 3 nitrogen and oxygen atoms in total. The highest BCUT2D eigenvalue weighted by molar-refractivity contribution is 9.10. The second kappa shape index (κ2) is 6.92. The zero-order valence-electron chi connectivity index (χ0n) is 11.5. The molecule has 0 aliphatic carbocycles. The Morgan fingerprint density at radius 1 is 1.50 bits per heavy atom. The van der Waals surface area contributed by atoms with E-state index in [1.54, 1.807) is 7.11 Å². The molecule has 0 spiro atoms. The molecule has 18 heavy (non-hydrogen) atoms. The molecule has 0 saturated carbocycles. The number of alkyl halides is 1. The van der Waals surface area contributed by atoms with E-state index in [0.717, 1.165) is 23.9 Å². The van der Waals surface area contributed by atoms with Crippen LogP contribution in [-0.2, 0) is 17.7 Å². The summed E-state index contributed by atoms with van der Waals surface area (Å²) in [5.41, 5.74) is 1.33. The van der Waals surface area contributed by atoms with Crippen molar-refractivity contribution in [3.63, 3.8) is 0 Å². The van der Waals surface area contributed by atoms with Gasteiger partial charge in [-0.25, -0.2) is 0 Å². The van der Waals surface area contributed by atoms with Crippen LogP contribution in [0.5, 0.6) is 0 Å². The third-order valence-corrected chi connectivity index (χ3v) is 4.51. The highest BCUT2D eigenvalue weighted by Crippen LogP contribution is 2.29. The van der Waals surface area contributed by atoms with Gasteiger partial charge in [0.1, 0.15) is 0 Å². The van der Waals surface area contributed by atoms with E-state index in [-0.39, 0.29) is 10.8 Å². The van der Waals surface area contributed by atoms with Gasteiger partial charge in [-0.2, -0.15) is 5.10 Å². The molecule has 0 N–H and O–H groups in total. The van der Waals surface area contributed by atoms with Crippen molar-refractivity contribution in [3.05, 3.63) is 16.4 Å². The van der Waals surface area contributed by atoms with Crippen LogP contribution in [0.3, 0.4) is 0 Å². The molecule has 0 aliphatic rings. The average molecular weight is 338 g/mol. The molecule has 104 valence electrons. The Morgan fingerprint density at radius 3 is 2.72 bits per heavy atom. The van der Waals surface area contributed by atoms with E-state index >= 15 is 0 Å². The maximum Gasteiger partial charge on any atom is 0.0658 e. The molecule has 1 unspecified atom stereocenters. The van der Waals surface area contributed by atoms with Crippen LogP contribution < -0.4 is 0 Å².